The second kappa shape index (κ2) is 4.08. The van der Waals surface area contributed by atoms with Crippen LogP contribution in [-0.2, 0) is 19.1 Å². The molecule has 1 aliphatic heterocycles. The number of aromatic nitrogens is 2. The number of aryl methyl sites for hydroxylation is 1. The average molecular weight is 233 g/mol. The summed E-state index contributed by atoms with van der Waals surface area (Å²) >= 11 is 0. The van der Waals surface area contributed by atoms with Crippen LogP contribution in [0.1, 0.15) is 24.4 Å². The van der Waals surface area contributed by atoms with Gasteiger partial charge in [0.05, 0.1) is 0 Å². The molecule has 0 saturated carbocycles. The SMILES string of the molecule is NCCC1CCc2cnc(C(F)(F)F)n2C1. The van der Waals surface area contributed by atoms with E-state index in [2.05, 4.69) is 4.98 Å². The van der Waals surface area contributed by atoms with Gasteiger partial charge < -0.3 is 10.3 Å². The first kappa shape index (κ1) is 11.4. The van der Waals surface area contributed by atoms with Crippen molar-refractivity contribution in [1.82, 2.24) is 9.55 Å². The van der Waals surface area contributed by atoms with Crippen LogP contribution in [0.5, 0.6) is 0 Å². The topological polar surface area (TPSA) is 43.8 Å². The Labute approximate surface area is 91.5 Å². The summed E-state index contributed by atoms with van der Waals surface area (Å²) < 4.78 is 39.1. The summed E-state index contributed by atoms with van der Waals surface area (Å²) in [5.41, 5.74) is 6.11. The van der Waals surface area contributed by atoms with Gasteiger partial charge in [0.15, 0.2) is 0 Å². The van der Waals surface area contributed by atoms with Crippen molar-refractivity contribution in [3.8, 4) is 0 Å². The predicted octanol–water partition coefficient (Wildman–Crippen LogP) is 1.81. The third-order valence-electron chi connectivity index (χ3n) is 3.02. The Morgan fingerprint density at radius 1 is 1.50 bits per heavy atom. The van der Waals surface area contributed by atoms with Crippen molar-refractivity contribution in [2.45, 2.75) is 32.0 Å². The highest BCUT2D eigenvalue weighted by molar-refractivity contribution is 5.10. The predicted molar refractivity (Wildman–Crippen MR) is 52.7 cm³/mol. The van der Waals surface area contributed by atoms with Crippen LogP contribution in [0.15, 0.2) is 6.20 Å². The van der Waals surface area contributed by atoms with Gasteiger partial charge in [-0.25, -0.2) is 4.98 Å². The maximum atomic E-state index is 12.6. The Hall–Kier alpha value is -1.04. The summed E-state index contributed by atoms with van der Waals surface area (Å²) in [7, 11) is 0. The Bertz CT molecular complexity index is 370. The minimum Gasteiger partial charge on any atom is -0.330 e. The molecule has 3 nitrogen and oxygen atoms in total. The molecule has 16 heavy (non-hydrogen) atoms. The second-order valence-electron chi connectivity index (χ2n) is 4.16. The highest BCUT2D eigenvalue weighted by Crippen LogP contribution is 2.32. The molecule has 1 aromatic heterocycles. The molecule has 1 aliphatic rings. The van der Waals surface area contributed by atoms with Crippen molar-refractivity contribution in [2.24, 2.45) is 11.7 Å². The highest BCUT2D eigenvalue weighted by atomic mass is 19.4. The Morgan fingerprint density at radius 3 is 2.88 bits per heavy atom. The molecule has 90 valence electrons. The smallest absolute Gasteiger partial charge is 0.330 e. The number of nitrogens with two attached hydrogens (primary N) is 1. The number of alkyl halides is 3. The van der Waals surface area contributed by atoms with Crippen LogP contribution in [0.4, 0.5) is 13.2 Å². The largest absolute Gasteiger partial charge is 0.449 e. The number of hydrogen-bond donors (Lipinski definition) is 1. The number of halogens is 3. The molecule has 0 radical (unpaired) electrons. The fraction of sp³-hybridized carbons (Fsp3) is 0.700. The van der Waals surface area contributed by atoms with E-state index in [0.29, 0.717) is 25.2 Å². The van der Waals surface area contributed by atoms with Gasteiger partial charge in [-0.15, -0.1) is 0 Å². The first-order valence-corrected chi connectivity index (χ1v) is 5.34. The standard InChI is InChI=1S/C10H14F3N3/c11-10(12,13)9-15-5-8-2-1-7(3-4-14)6-16(8)9/h5,7H,1-4,6,14H2. The van der Waals surface area contributed by atoms with Gasteiger partial charge in [-0.2, -0.15) is 13.2 Å². The third kappa shape index (κ3) is 2.07. The quantitative estimate of drug-likeness (QED) is 0.846. The monoisotopic (exact) mass is 233 g/mol. The van der Waals surface area contributed by atoms with E-state index < -0.39 is 12.0 Å². The summed E-state index contributed by atoms with van der Waals surface area (Å²) in [5.74, 6) is -0.531. The molecule has 0 aromatic carbocycles. The maximum Gasteiger partial charge on any atom is 0.449 e. The molecular weight excluding hydrogens is 219 g/mol. The van der Waals surface area contributed by atoms with Gasteiger partial charge in [0.25, 0.3) is 0 Å². The molecule has 0 spiro atoms. The van der Waals surface area contributed by atoms with Gasteiger partial charge in [-0.1, -0.05) is 0 Å². The Morgan fingerprint density at radius 2 is 2.25 bits per heavy atom. The molecule has 6 heteroatoms. The Balaban J connectivity index is 2.25. The van der Waals surface area contributed by atoms with E-state index in [1.165, 1.54) is 10.8 Å². The molecule has 0 fully saturated rings. The summed E-state index contributed by atoms with van der Waals surface area (Å²) in [6, 6.07) is 0. The van der Waals surface area contributed by atoms with E-state index in [9.17, 15) is 13.2 Å². The van der Waals surface area contributed by atoms with Gasteiger partial charge >= 0.3 is 6.18 Å². The van der Waals surface area contributed by atoms with Crippen LogP contribution in [0.3, 0.4) is 0 Å². The van der Waals surface area contributed by atoms with E-state index >= 15 is 0 Å². The molecule has 1 aromatic rings. The van der Waals surface area contributed by atoms with Crippen molar-refractivity contribution in [1.29, 1.82) is 0 Å². The molecule has 0 bridgehead atoms. The average Bonchev–Trinajstić information content (AvgIpc) is 2.60. The van der Waals surface area contributed by atoms with Crippen LogP contribution in [0.25, 0.3) is 0 Å². The van der Waals surface area contributed by atoms with Crippen molar-refractivity contribution in [3.05, 3.63) is 17.7 Å². The molecule has 2 N–H and O–H groups in total. The van der Waals surface area contributed by atoms with E-state index in [0.717, 1.165) is 12.8 Å². The lowest BCUT2D eigenvalue weighted by Crippen LogP contribution is -2.26. The van der Waals surface area contributed by atoms with E-state index in [1.807, 2.05) is 0 Å². The second-order valence-corrected chi connectivity index (χ2v) is 4.16. The number of nitrogens with zero attached hydrogens (tertiary/aromatic N) is 2. The maximum absolute atomic E-state index is 12.6. The van der Waals surface area contributed by atoms with Crippen LogP contribution in [-0.4, -0.2) is 16.1 Å². The zero-order valence-corrected chi connectivity index (χ0v) is 8.80. The number of rotatable bonds is 2. The van der Waals surface area contributed by atoms with Crippen LogP contribution < -0.4 is 5.73 Å². The minimum absolute atomic E-state index is 0.243. The Kier molecular flexibility index (Phi) is 2.92. The van der Waals surface area contributed by atoms with E-state index in [-0.39, 0.29) is 5.92 Å². The van der Waals surface area contributed by atoms with Gasteiger partial charge in [0.1, 0.15) is 0 Å². The molecule has 0 aliphatic carbocycles. The molecule has 0 saturated heterocycles. The third-order valence-corrected chi connectivity index (χ3v) is 3.02. The van der Waals surface area contributed by atoms with Crippen LogP contribution in [0.2, 0.25) is 0 Å². The molecule has 2 rings (SSSR count). The number of fused-ring (bicyclic) bond motifs is 1. The molecular formula is C10H14F3N3. The highest BCUT2D eigenvalue weighted by Gasteiger charge is 2.38. The summed E-state index contributed by atoms with van der Waals surface area (Å²) in [4.78, 5) is 3.47. The molecule has 1 unspecified atom stereocenters. The lowest BCUT2D eigenvalue weighted by Gasteiger charge is -2.25. The van der Waals surface area contributed by atoms with Crippen molar-refractivity contribution < 1.29 is 13.2 Å². The van der Waals surface area contributed by atoms with Gasteiger partial charge in [-0.05, 0) is 31.7 Å². The normalized spacial score (nSPS) is 20.9. The first-order chi connectivity index (χ1) is 7.52. The minimum atomic E-state index is -4.36. The van der Waals surface area contributed by atoms with Crippen LogP contribution >= 0.6 is 0 Å². The zero-order chi connectivity index (χ0) is 11.8. The number of hydrogen-bond acceptors (Lipinski definition) is 2. The van der Waals surface area contributed by atoms with Crippen molar-refractivity contribution in [2.75, 3.05) is 6.54 Å². The fourth-order valence-corrected chi connectivity index (χ4v) is 2.21. The van der Waals surface area contributed by atoms with Gasteiger partial charge in [0, 0.05) is 18.4 Å². The summed E-state index contributed by atoms with van der Waals surface area (Å²) in [6.45, 7) is 0.914. The molecule has 0 amide bonds. The van der Waals surface area contributed by atoms with Crippen LogP contribution in [0, 0.1) is 5.92 Å². The molecule has 1 atom stereocenters. The van der Waals surface area contributed by atoms with Gasteiger partial charge in [0.2, 0.25) is 5.82 Å². The lowest BCUT2D eigenvalue weighted by atomic mass is 9.95. The zero-order valence-electron chi connectivity index (χ0n) is 8.80. The number of imidazole rings is 1. The fourth-order valence-electron chi connectivity index (χ4n) is 2.21. The van der Waals surface area contributed by atoms with E-state index in [4.69, 9.17) is 5.73 Å². The summed E-state index contributed by atoms with van der Waals surface area (Å²) in [5, 5.41) is 0. The van der Waals surface area contributed by atoms with Crippen molar-refractivity contribution >= 4 is 0 Å². The lowest BCUT2D eigenvalue weighted by molar-refractivity contribution is -0.147. The van der Waals surface area contributed by atoms with Gasteiger partial charge in [-0.3, -0.25) is 0 Å². The first-order valence-electron chi connectivity index (χ1n) is 5.34. The molecule has 2 heterocycles. The summed E-state index contributed by atoms with van der Waals surface area (Å²) in [6.07, 6.45) is -0.687. The van der Waals surface area contributed by atoms with E-state index in [1.54, 1.807) is 0 Å². The van der Waals surface area contributed by atoms with Crippen molar-refractivity contribution in [3.63, 3.8) is 0 Å².